The van der Waals surface area contributed by atoms with Crippen molar-refractivity contribution < 1.29 is 14.3 Å². The topological polar surface area (TPSA) is 67.8 Å². The van der Waals surface area contributed by atoms with Crippen LogP contribution in [0.2, 0.25) is 0 Å². The van der Waals surface area contributed by atoms with Crippen LogP contribution in [0.25, 0.3) is 9.88 Å². The van der Waals surface area contributed by atoms with Crippen molar-refractivity contribution in [2.45, 2.75) is 6.42 Å². The lowest BCUT2D eigenvalue weighted by Crippen LogP contribution is -2.49. The molecule has 1 aliphatic heterocycles. The minimum absolute atomic E-state index is 0.119. The van der Waals surface area contributed by atoms with E-state index in [1.54, 1.807) is 36.9 Å². The Morgan fingerprint density at radius 1 is 1.07 bits per heavy atom. The van der Waals surface area contributed by atoms with Gasteiger partial charge in [-0.25, -0.2) is 0 Å². The predicted molar refractivity (Wildman–Crippen MR) is 115 cm³/mol. The zero-order chi connectivity index (χ0) is 20.2. The summed E-state index contributed by atoms with van der Waals surface area (Å²) in [6.07, 6.45) is 0.349. The highest BCUT2D eigenvalue weighted by Gasteiger charge is 2.24. The first-order valence-corrected chi connectivity index (χ1v) is 11.0. The predicted octanol–water partition coefficient (Wildman–Crippen LogP) is 3.18. The number of rotatable bonds is 6. The molecule has 0 N–H and O–H groups in total. The maximum absolute atomic E-state index is 12.7. The fourth-order valence-corrected chi connectivity index (χ4v) is 4.96. The van der Waals surface area contributed by atoms with Gasteiger partial charge in [-0.3, -0.25) is 4.79 Å². The molecule has 0 unspecified atom stereocenters. The molecule has 3 heterocycles. The third-order valence-corrected chi connectivity index (χ3v) is 6.88. The van der Waals surface area contributed by atoms with Gasteiger partial charge in [-0.1, -0.05) is 23.5 Å². The SMILES string of the molecule is COc1ccc(CC(=O)N2CCN(c3nnc(-c4cccs4)s3)CC2)cc1OC. The molecular formula is C20H22N4O3S2. The summed E-state index contributed by atoms with van der Waals surface area (Å²) in [4.78, 5) is 18.0. The maximum atomic E-state index is 12.7. The Kier molecular flexibility index (Phi) is 5.96. The second-order valence-corrected chi connectivity index (χ2v) is 8.50. The summed E-state index contributed by atoms with van der Waals surface area (Å²) in [5.74, 6) is 1.42. The molecule has 1 aliphatic rings. The summed E-state index contributed by atoms with van der Waals surface area (Å²) in [6, 6.07) is 9.67. The lowest BCUT2D eigenvalue weighted by molar-refractivity contribution is -0.130. The molecule has 1 aromatic carbocycles. The maximum Gasteiger partial charge on any atom is 0.227 e. The Morgan fingerprint density at radius 3 is 2.55 bits per heavy atom. The molecule has 152 valence electrons. The lowest BCUT2D eigenvalue weighted by Gasteiger charge is -2.34. The molecule has 0 radical (unpaired) electrons. The van der Waals surface area contributed by atoms with Crippen molar-refractivity contribution in [1.82, 2.24) is 15.1 Å². The molecule has 9 heteroatoms. The number of hydrogen-bond acceptors (Lipinski definition) is 8. The minimum atomic E-state index is 0.119. The van der Waals surface area contributed by atoms with E-state index < -0.39 is 0 Å². The Bertz CT molecular complexity index is 966. The van der Waals surface area contributed by atoms with Crippen molar-refractivity contribution in [3.8, 4) is 21.4 Å². The van der Waals surface area contributed by atoms with E-state index >= 15 is 0 Å². The molecule has 7 nitrogen and oxygen atoms in total. The number of amides is 1. The van der Waals surface area contributed by atoms with E-state index in [-0.39, 0.29) is 5.91 Å². The van der Waals surface area contributed by atoms with Crippen LogP contribution in [0.5, 0.6) is 11.5 Å². The monoisotopic (exact) mass is 430 g/mol. The van der Waals surface area contributed by atoms with Gasteiger partial charge >= 0.3 is 0 Å². The second kappa shape index (κ2) is 8.79. The Hall–Kier alpha value is -2.65. The van der Waals surface area contributed by atoms with Crippen LogP contribution in [-0.2, 0) is 11.2 Å². The van der Waals surface area contributed by atoms with Gasteiger partial charge in [0.1, 0.15) is 0 Å². The van der Waals surface area contributed by atoms with Crippen LogP contribution in [0.3, 0.4) is 0 Å². The molecule has 1 amide bonds. The summed E-state index contributed by atoms with van der Waals surface area (Å²) in [5.41, 5.74) is 0.916. The van der Waals surface area contributed by atoms with Gasteiger partial charge in [0.05, 0.1) is 25.5 Å². The molecular weight excluding hydrogens is 408 g/mol. The number of piperazine rings is 1. The Morgan fingerprint density at radius 2 is 1.86 bits per heavy atom. The molecule has 1 fully saturated rings. The number of carbonyl (C=O) groups excluding carboxylic acids is 1. The van der Waals surface area contributed by atoms with Crippen molar-refractivity contribution in [3.63, 3.8) is 0 Å². The zero-order valence-electron chi connectivity index (χ0n) is 16.3. The first-order valence-electron chi connectivity index (χ1n) is 9.29. The van der Waals surface area contributed by atoms with E-state index in [1.807, 2.05) is 34.5 Å². The highest BCUT2D eigenvalue weighted by molar-refractivity contribution is 7.22. The highest BCUT2D eigenvalue weighted by Crippen LogP contribution is 2.32. The van der Waals surface area contributed by atoms with E-state index in [1.165, 1.54) is 0 Å². The van der Waals surface area contributed by atoms with Crippen molar-refractivity contribution in [1.29, 1.82) is 0 Å². The molecule has 2 aromatic heterocycles. The summed E-state index contributed by atoms with van der Waals surface area (Å²) in [7, 11) is 3.20. The average Bonchev–Trinajstić information content (AvgIpc) is 3.45. The molecule has 1 saturated heterocycles. The van der Waals surface area contributed by atoms with Gasteiger partial charge in [0.15, 0.2) is 16.5 Å². The van der Waals surface area contributed by atoms with E-state index in [0.717, 1.165) is 33.7 Å². The number of benzene rings is 1. The fraction of sp³-hybridized carbons (Fsp3) is 0.350. The first kappa shape index (κ1) is 19.7. The van der Waals surface area contributed by atoms with Crippen LogP contribution < -0.4 is 14.4 Å². The number of hydrogen-bond donors (Lipinski definition) is 0. The quantitative estimate of drug-likeness (QED) is 0.598. The summed E-state index contributed by atoms with van der Waals surface area (Å²) in [5, 5.41) is 12.6. The van der Waals surface area contributed by atoms with Crippen molar-refractivity contribution >= 4 is 33.7 Å². The molecule has 3 aromatic rings. The van der Waals surface area contributed by atoms with Crippen LogP contribution in [0.4, 0.5) is 5.13 Å². The number of carbonyl (C=O) groups is 1. The van der Waals surface area contributed by atoms with Crippen LogP contribution in [0.15, 0.2) is 35.7 Å². The van der Waals surface area contributed by atoms with Crippen LogP contribution in [0, 0.1) is 0 Å². The van der Waals surface area contributed by atoms with Crippen molar-refractivity contribution in [3.05, 3.63) is 41.3 Å². The third-order valence-electron chi connectivity index (χ3n) is 4.85. The highest BCUT2D eigenvalue weighted by atomic mass is 32.1. The van der Waals surface area contributed by atoms with Gasteiger partial charge in [-0.05, 0) is 29.1 Å². The van der Waals surface area contributed by atoms with Gasteiger partial charge in [-0.2, -0.15) is 0 Å². The summed E-state index contributed by atoms with van der Waals surface area (Å²) >= 11 is 3.27. The van der Waals surface area contributed by atoms with Crippen molar-refractivity contribution in [2.75, 3.05) is 45.3 Å². The minimum Gasteiger partial charge on any atom is -0.493 e. The Balaban J connectivity index is 1.34. The summed E-state index contributed by atoms with van der Waals surface area (Å²) in [6.45, 7) is 2.88. The van der Waals surface area contributed by atoms with Crippen LogP contribution >= 0.6 is 22.7 Å². The molecule has 0 bridgehead atoms. The molecule has 0 spiro atoms. The molecule has 0 atom stereocenters. The van der Waals surface area contributed by atoms with E-state index in [0.29, 0.717) is 31.0 Å². The third kappa shape index (κ3) is 4.35. The van der Waals surface area contributed by atoms with Crippen molar-refractivity contribution in [2.24, 2.45) is 0 Å². The number of nitrogens with zero attached hydrogens (tertiary/aromatic N) is 4. The first-order chi connectivity index (χ1) is 14.2. The van der Waals surface area contributed by atoms with Crippen LogP contribution in [0.1, 0.15) is 5.56 Å². The number of aromatic nitrogens is 2. The fourth-order valence-electron chi connectivity index (χ4n) is 3.27. The zero-order valence-corrected chi connectivity index (χ0v) is 18.0. The normalized spacial score (nSPS) is 14.1. The number of methoxy groups -OCH3 is 2. The standard InChI is InChI=1S/C20H22N4O3S2/c1-26-15-6-5-14(12-16(15)27-2)13-18(25)23-7-9-24(10-8-23)20-22-21-19(29-20)17-4-3-11-28-17/h3-6,11-12H,7-10,13H2,1-2H3. The van der Waals surface area contributed by atoms with E-state index in [4.69, 9.17) is 9.47 Å². The smallest absolute Gasteiger partial charge is 0.227 e. The number of ether oxygens (including phenoxy) is 2. The second-order valence-electron chi connectivity index (χ2n) is 6.60. The molecule has 0 saturated carbocycles. The van der Waals surface area contributed by atoms with Gasteiger partial charge in [0.2, 0.25) is 11.0 Å². The molecule has 4 rings (SSSR count). The lowest BCUT2D eigenvalue weighted by atomic mass is 10.1. The number of thiophene rings is 1. The number of anilines is 1. The van der Waals surface area contributed by atoms with E-state index in [9.17, 15) is 4.79 Å². The van der Waals surface area contributed by atoms with Gasteiger partial charge in [0, 0.05) is 26.2 Å². The summed E-state index contributed by atoms with van der Waals surface area (Å²) < 4.78 is 10.6. The van der Waals surface area contributed by atoms with E-state index in [2.05, 4.69) is 21.2 Å². The van der Waals surface area contributed by atoms with Gasteiger partial charge in [0.25, 0.3) is 0 Å². The van der Waals surface area contributed by atoms with Crippen LogP contribution in [-0.4, -0.2) is 61.4 Å². The Labute approximate surface area is 177 Å². The van der Waals surface area contributed by atoms with Gasteiger partial charge < -0.3 is 19.3 Å². The molecule has 0 aliphatic carbocycles. The average molecular weight is 431 g/mol. The molecule has 29 heavy (non-hydrogen) atoms. The van der Waals surface area contributed by atoms with Gasteiger partial charge in [-0.15, -0.1) is 21.5 Å². The largest absolute Gasteiger partial charge is 0.493 e.